The van der Waals surface area contributed by atoms with E-state index in [2.05, 4.69) is 346 Å². The number of rotatable bonds is 12. The van der Waals surface area contributed by atoms with Crippen molar-refractivity contribution in [1.82, 2.24) is 0 Å². The van der Waals surface area contributed by atoms with E-state index in [-0.39, 0.29) is 45.6 Å². The van der Waals surface area contributed by atoms with Crippen LogP contribution in [0.2, 0.25) is 0 Å². The molecule has 0 saturated carbocycles. The Kier molecular flexibility index (Phi) is 27.7. The normalized spacial score (nSPS) is 16.1. The van der Waals surface area contributed by atoms with Gasteiger partial charge in [-0.25, -0.2) is 0 Å². The molecule has 4 aliphatic carbocycles. The first-order chi connectivity index (χ1) is 52.7. The van der Waals surface area contributed by atoms with Crippen LogP contribution >= 0.6 is 0 Å². The third-order valence-corrected chi connectivity index (χ3v) is 39.9. The Morgan fingerprint density at radius 1 is 0.301 bits per heavy atom. The fourth-order valence-corrected chi connectivity index (χ4v) is 35.9. The molecule has 2 nitrogen and oxygen atoms in total. The van der Waals surface area contributed by atoms with E-state index in [1.54, 1.807) is 36.6 Å². The summed E-state index contributed by atoms with van der Waals surface area (Å²) in [5.41, 5.74) is 38.8. The van der Waals surface area contributed by atoms with Crippen LogP contribution in [0.15, 0.2) is 229 Å². The van der Waals surface area contributed by atoms with Gasteiger partial charge >= 0.3 is 590 Å². The van der Waals surface area contributed by atoms with Crippen molar-refractivity contribution in [3.05, 3.63) is 318 Å². The van der Waals surface area contributed by atoms with Crippen molar-refractivity contribution >= 4 is 31.7 Å². The van der Waals surface area contributed by atoms with Gasteiger partial charge in [-0.2, -0.15) is 0 Å². The molecule has 4 atom stereocenters. The van der Waals surface area contributed by atoms with Gasteiger partial charge in [0, 0.05) is 0 Å². The summed E-state index contributed by atoms with van der Waals surface area (Å²) < 4.78 is 8.99. The summed E-state index contributed by atoms with van der Waals surface area (Å²) in [6.45, 7) is 59.1. The van der Waals surface area contributed by atoms with Gasteiger partial charge in [0.05, 0.1) is 0 Å². The van der Waals surface area contributed by atoms with Gasteiger partial charge in [0.1, 0.15) is 0 Å². The van der Waals surface area contributed by atoms with Crippen molar-refractivity contribution in [2.24, 2.45) is 23.7 Å². The Balaban J connectivity index is 0.000000194. The average Bonchev–Trinajstić information content (AvgIpc) is 1.59. The smallest absolute Gasteiger partial charge is 1.00 e. The number of fused-ring (bicyclic) bond motifs is 4. The molecule has 0 saturated heterocycles. The van der Waals surface area contributed by atoms with Crippen molar-refractivity contribution in [2.75, 3.05) is 0 Å². The number of hydrogen-bond acceptors (Lipinski definition) is 2. The van der Waals surface area contributed by atoms with Crippen molar-refractivity contribution in [1.29, 1.82) is 0 Å². The Hall–Kier alpha value is -7.44. The summed E-state index contributed by atoms with van der Waals surface area (Å²) in [5.74, 6) is 2.33. The summed E-state index contributed by atoms with van der Waals surface area (Å²) in [4.78, 5) is 0. The summed E-state index contributed by atoms with van der Waals surface area (Å²) in [7, 11) is 0. The Morgan fingerprint density at radius 3 is 0.681 bits per heavy atom. The van der Waals surface area contributed by atoms with Crippen LogP contribution in [-0.2, 0) is 64.2 Å². The van der Waals surface area contributed by atoms with Crippen LogP contribution in [0.25, 0.3) is 68.8 Å². The molecular weight excluding hydrogens is 1550 g/mol. The molecule has 4 unspecified atom stereocenters. The van der Waals surface area contributed by atoms with Gasteiger partial charge in [0.25, 0.3) is 0 Å². The van der Waals surface area contributed by atoms with E-state index in [1.807, 2.05) is 64.1 Å². The summed E-state index contributed by atoms with van der Waals surface area (Å²) in [5, 5.41) is 21.9. The molecule has 0 aliphatic heterocycles. The number of benzene rings is 10. The monoisotopic (exact) mass is 1670 g/mol. The zero-order chi connectivity index (χ0) is 81.5. The molecule has 588 valence electrons. The van der Waals surface area contributed by atoms with Crippen LogP contribution in [0.1, 0.15) is 256 Å². The predicted octanol–water partition coefficient (Wildman–Crippen LogP) is 25.6. The van der Waals surface area contributed by atoms with Crippen LogP contribution in [0.3, 0.4) is 0 Å². The molecule has 0 heterocycles. The molecule has 0 N–H and O–H groups in total. The van der Waals surface area contributed by atoms with E-state index >= 15 is 0 Å². The second-order valence-corrected chi connectivity index (χ2v) is 51.1. The van der Waals surface area contributed by atoms with Gasteiger partial charge in [-0.05, 0) is 27.7 Å². The molecule has 4 aliphatic rings. The standard InChI is InChI=1S/4C22H25.2C8H10O.C3H6.CH2.ClH.2Zr/c4*1-15(2)18-13-17-7-6-8-20(21(17)14-18)16-9-11-19(12-10-16)22(3,4)5;2*1-6-4-3-5-7(2)8(6)9;1-3-2;;;;/h4*6-15H,1-5H3;2*3-5,9H,1-2H3;1-2H3;1H2;1H;;/p-3. The SMILES string of the molecule is C[C](C)=[Zr]([CH]1C(C(C)C)=Cc2c(-c3ccc(C(C)(C)C)cc3)cccc21)[CH]1C(C(C)C)=Cc2c(-c3ccc(C(C)(C)C)cc3)cccc21.Cc1cccc(C)c1[O-].Cc1cccc(C)c1[O-].[CH2]=[Zr]([CH]1C(C(C)C)=Cc2c(-c3ccc(C(C)(C)C)cc3)cccc21)[CH]1C(C(C)C)=Cc2c(-c3ccc(C(C)(C)C)cc3)cccc21.[Cl-]. The van der Waals surface area contributed by atoms with E-state index in [1.165, 1.54) is 100 Å². The fraction of sp³-hybridized carbons (Fsp3) is 0.352. The summed E-state index contributed by atoms with van der Waals surface area (Å²) in [6.07, 6.45) is 10.3. The Morgan fingerprint density at radius 2 is 0.496 bits per heavy atom. The molecule has 0 bridgehead atoms. The maximum absolute atomic E-state index is 11.0. The quantitative estimate of drug-likeness (QED) is 0.122. The van der Waals surface area contributed by atoms with Crippen LogP contribution in [0.5, 0.6) is 11.5 Å². The van der Waals surface area contributed by atoms with Gasteiger partial charge in [0.2, 0.25) is 0 Å². The zero-order valence-corrected chi connectivity index (χ0v) is 78.6. The largest absolute Gasteiger partial charge is 1.00 e. The van der Waals surface area contributed by atoms with Gasteiger partial charge in [-0.1, -0.05) is 58.7 Å². The maximum Gasteiger partial charge on any atom is -1.00 e. The van der Waals surface area contributed by atoms with E-state index in [0.717, 1.165) is 22.3 Å². The van der Waals surface area contributed by atoms with Gasteiger partial charge in [0.15, 0.2) is 0 Å². The molecule has 0 radical (unpaired) electrons. The number of allylic oxidation sites excluding steroid dienone is 4. The molecule has 113 heavy (non-hydrogen) atoms. The van der Waals surface area contributed by atoms with Crippen molar-refractivity contribution in [3.8, 4) is 56.0 Å². The second-order valence-electron chi connectivity index (χ2n) is 37.9. The van der Waals surface area contributed by atoms with Crippen molar-refractivity contribution in [3.63, 3.8) is 0 Å². The summed E-state index contributed by atoms with van der Waals surface area (Å²) >= 11 is -4.92. The number of hydrogen-bond donors (Lipinski definition) is 0. The van der Waals surface area contributed by atoms with Crippen LogP contribution in [-0.4, -0.2) is 7.42 Å². The third kappa shape index (κ3) is 19.0. The van der Waals surface area contributed by atoms with Gasteiger partial charge in [-0.15, -0.1) is 11.5 Å². The van der Waals surface area contributed by atoms with E-state index in [9.17, 15) is 10.2 Å². The zero-order valence-electron chi connectivity index (χ0n) is 73.0. The van der Waals surface area contributed by atoms with Crippen LogP contribution in [0.4, 0.5) is 0 Å². The maximum atomic E-state index is 11.0. The van der Waals surface area contributed by atoms with E-state index < -0.39 is 42.5 Å². The Bertz CT molecular complexity index is 4920. The van der Waals surface area contributed by atoms with Crippen molar-refractivity contribution < 1.29 is 65.2 Å². The molecule has 5 heteroatoms. The number of aryl methyl sites for hydroxylation is 4. The fourth-order valence-electron chi connectivity index (χ4n) is 17.3. The third-order valence-electron chi connectivity index (χ3n) is 24.1. The average molecular weight is 1670 g/mol. The van der Waals surface area contributed by atoms with E-state index in [0.29, 0.717) is 38.2 Å². The van der Waals surface area contributed by atoms with E-state index in [4.69, 9.17) is 4.21 Å². The minimum Gasteiger partial charge on any atom is -1.00 e. The molecule has 0 aromatic heterocycles. The van der Waals surface area contributed by atoms with Gasteiger partial charge in [-0.3, -0.25) is 0 Å². The molecule has 14 rings (SSSR count). The number of halogens is 1. The molecule has 10 aromatic carbocycles. The first-order valence-corrected chi connectivity index (χ1v) is 50.0. The molecule has 0 fully saturated rings. The predicted molar refractivity (Wildman–Crippen MR) is 479 cm³/mol. The molecular formula is C108H126ClO2Zr2-3. The van der Waals surface area contributed by atoms with Crippen molar-refractivity contribution in [2.45, 2.75) is 216 Å². The first-order valence-electron chi connectivity index (χ1n) is 41.3. The first kappa shape index (κ1) is 87.9. The van der Waals surface area contributed by atoms with Crippen LogP contribution in [0, 0.1) is 51.4 Å². The number of para-hydroxylation sites is 2. The minimum atomic E-state index is -2.46. The molecule has 0 spiro atoms. The molecule has 10 aromatic rings. The summed E-state index contributed by atoms with van der Waals surface area (Å²) in [6, 6.07) is 76.9. The van der Waals surface area contributed by atoms with Crippen LogP contribution < -0.4 is 22.6 Å². The molecule has 0 amide bonds. The second kappa shape index (κ2) is 35.6. The van der Waals surface area contributed by atoms with Gasteiger partial charge < -0.3 is 22.6 Å². The Labute approximate surface area is 703 Å². The minimum absolute atomic E-state index is 0. The topological polar surface area (TPSA) is 46.1 Å².